The molecule has 2 nitrogen and oxygen atoms in total. The van der Waals surface area contributed by atoms with Crippen molar-refractivity contribution in [2.75, 3.05) is 6.61 Å². The smallest absolute Gasteiger partial charge is 0.188 e. The Hall–Kier alpha value is -1.15. The molecule has 0 atom stereocenters. The zero-order valence-electron chi connectivity index (χ0n) is 12.1. The number of ketones is 1. The van der Waals surface area contributed by atoms with Gasteiger partial charge in [-0.2, -0.15) is 0 Å². The average molecular weight is 248 g/mol. The highest BCUT2D eigenvalue weighted by Gasteiger charge is 2.17. The first-order valence-electron chi connectivity index (χ1n) is 6.63. The molecule has 0 heterocycles. The molecule has 1 rings (SSSR count). The van der Waals surface area contributed by atoms with E-state index in [-0.39, 0.29) is 18.0 Å². The van der Waals surface area contributed by atoms with E-state index in [9.17, 15) is 4.79 Å². The van der Waals surface area contributed by atoms with Gasteiger partial charge in [0.05, 0.1) is 5.60 Å². The molecule has 0 amide bonds. The number of carbonyl (C=O) groups excluding carboxylic acids is 1. The van der Waals surface area contributed by atoms with E-state index in [4.69, 9.17) is 4.74 Å². The molecule has 0 saturated carbocycles. The predicted molar refractivity (Wildman–Crippen MR) is 75.2 cm³/mol. The van der Waals surface area contributed by atoms with Crippen LogP contribution >= 0.6 is 0 Å². The summed E-state index contributed by atoms with van der Waals surface area (Å²) in [6.45, 7) is 10.5. The van der Waals surface area contributed by atoms with Crippen LogP contribution in [0, 0.1) is 0 Å². The maximum atomic E-state index is 12.0. The van der Waals surface area contributed by atoms with Crippen LogP contribution < -0.4 is 0 Å². The van der Waals surface area contributed by atoms with Gasteiger partial charge in [0.15, 0.2) is 5.78 Å². The largest absolute Gasteiger partial charge is 0.367 e. The van der Waals surface area contributed by atoms with E-state index >= 15 is 0 Å². The Morgan fingerprint density at radius 1 is 1.22 bits per heavy atom. The van der Waals surface area contributed by atoms with Crippen molar-refractivity contribution < 1.29 is 9.53 Å². The number of hydrogen-bond acceptors (Lipinski definition) is 2. The number of carbonyl (C=O) groups is 1. The lowest BCUT2D eigenvalue weighted by Gasteiger charge is -2.22. The number of ether oxygens (including phenoxy) is 1. The first kappa shape index (κ1) is 14.9. The standard InChI is InChI=1S/C16H24O2/c1-6-16(4,5)18-11-15(17)14-9-7-13(8-10-14)12(2)3/h7-10,12H,6,11H2,1-5H3. The molecule has 0 saturated heterocycles. The van der Waals surface area contributed by atoms with Crippen molar-refractivity contribution in [1.29, 1.82) is 0 Å². The fraction of sp³-hybridized carbons (Fsp3) is 0.562. The summed E-state index contributed by atoms with van der Waals surface area (Å²) in [4.78, 5) is 12.0. The Labute approximate surface area is 110 Å². The van der Waals surface area contributed by atoms with E-state index < -0.39 is 0 Å². The molecular weight excluding hydrogens is 224 g/mol. The normalized spacial score (nSPS) is 11.9. The Kier molecular flexibility index (Phi) is 5.09. The lowest BCUT2D eigenvalue weighted by atomic mass is 10.0. The van der Waals surface area contributed by atoms with Crippen LogP contribution in [-0.4, -0.2) is 18.0 Å². The van der Waals surface area contributed by atoms with E-state index in [0.717, 1.165) is 12.0 Å². The number of rotatable bonds is 6. The van der Waals surface area contributed by atoms with Gasteiger partial charge in [-0.05, 0) is 31.7 Å². The van der Waals surface area contributed by atoms with Crippen LogP contribution in [0.25, 0.3) is 0 Å². The molecular formula is C16H24O2. The Balaban J connectivity index is 2.62. The zero-order valence-corrected chi connectivity index (χ0v) is 12.1. The van der Waals surface area contributed by atoms with Gasteiger partial charge in [-0.1, -0.05) is 45.0 Å². The first-order chi connectivity index (χ1) is 8.35. The molecule has 18 heavy (non-hydrogen) atoms. The van der Waals surface area contributed by atoms with Gasteiger partial charge in [0.2, 0.25) is 0 Å². The van der Waals surface area contributed by atoms with Gasteiger partial charge in [-0.3, -0.25) is 4.79 Å². The van der Waals surface area contributed by atoms with Gasteiger partial charge < -0.3 is 4.74 Å². The Bertz CT molecular complexity index is 388. The highest BCUT2D eigenvalue weighted by Crippen LogP contribution is 2.17. The maximum absolute atomic E-state index is 12.0. The summed E-state index contributed by atoms with van der Waals surface area (Å²) in [7, 11) is 0. The van der Waals surface area contributed by atoms with Gasteiger partial charge >= 0.3 is 0 Å². The van der Waals surface area contributed by atoms with Gasteiger partial charge in [-0.25, -0.2) is 0 Å². The van der Waals surface area contributed by atoms with Crippen molar-refractivity contribution in [3.63, 3.8) is 0 Å². The molecule has 0 bridgehead atoms. The molecule has 100 valence electrons. The molecule has 0 aliphatic carbocycles. The summed E-state index contributed by atoms with van der Waals surface area (Å²) in [5.41, 5.74) is 1.75. The topological polar surface area (TPSA) is 26.3 Å². The van der Waals surface area contributed by atoms with Crippen molar-refractivity contribution in [1.82, 2.24) is 0 Å². The van der Waals surface area contributed by atoms with Crippen LogP contribution in [0.5, 0.6) is 0 Å². The van der Waals surface area contributed by atoms with Crippen LogP contribution in [0.4, 0.5) is 0 Å². The second kappa shape index (κ2) is 6.14. The van der Waals surface area contributed by atoms with Crippen LogP contribution in [-0.2, 0) is 4.74 Å². The summed E-state index contributed by atoms with van der Waals surface area (Å²) in [5, 5.41) is 0. The summed E-state index contributed by atoms with van der Waals surface area (Å²) in [6, 6.07) is 7.81. The van der Waals surface area contributed by atoms with Crippen molar-refractivity contribution >= 4 is 5.78 Å². The summed E-state index contributed by atoms with van der Waals surface area (Å²) < 4.78 is 5.62. The zero-order chi connectivity index (χ0) is 13.8. The van der Waals surface area contributed by atoms with Crippen LogP contribution in [0.2, 0.25) is 0 Å². The minimum Gasteiger partial charge on any atom is -0.367 e. The molecule has 1 aromatic rings. The van der Waals surface area contributed by atoms with Gasteiger partial charge in [-0.15, -0.1) is 0 Å². The third-order valence-corrected chi connectivity index (χ3v) is 3.34. The molecule has 0 fully saturated rings. The molecule has 0 aromatic heterocycles. The van der Waals surface area contributed by atoms with Crippen molar-refractivity contribution in [2.24, 2.45) is 0 Å². The van der Waals surface area contributed by atoms with Gasteiger partial charge in [0, 0.05) is 5.56 Å². The summed E-state index contributed by atoms with van der Waals surface area (Å²) in [6.07, 6.45) is 0.895. The second-order valence-electron chi connectivity index (χ2n) is 5.60. The molecule has 0 N–H and O–H groups in total. The highest BCUT2D eigenvalue weighted by molar-refractivity contribution is 5.97. The Morgan fingerprint density at radius 3 is 2.22 bits per heavy atom. The quantitative estimate of drug-likeness (QED) is 0.705. The summed E-state index contributed by atoms with van der Waals surface area (Å²) in [5.74, 6) is 0.538. The minimum atomic E-state index is -0.229. The van der Waals surface area contributed by atoms with E-state index in [1.807, 2.05) is 38.1 Å². The highest BCUT2D eigenvalue weighted by atomic mass is 16.5. The minimum absolute atomic E-state index is 0.0480. The van der Waals surface area contributed by atoms with Gasteiger partial charge in [0.25, 0.3) is 0 Å². The number of hydrogen-bond donors (Lipinski definition) is 0. The molecule has 2 heteroatoms. The third kappa shape index (κ3) is 4.26. The number of Topliss-reactive ketones (excluding diaryl/α,β-unsaturated/α-hetero) is 1. The third-order valence-electron chi connectivity index (χ3n) is 3.34. The van der Waals surface area contributed by atoms with Crippen molar-refractivity contribution in [3.8, 4) is 0 Å². The molecule has 0 radical (unpaired) electrons. The van der Waals surface area contributed by atoms with Crippen LogP contribution in [0.1, 0.15) is 62.9 Å². The Morgan fingerprint density at radius 2 is 1.78 bits per heavy atom. The fourth-order valence-corrected chi connectivity index (χ4v) is 1.50. The summed E-state index contributed by atoms with van der Waals surface area (Å²) >= 11 is 0. The van der Waals surface area contributed by atoms with Crippen LogP contribution in [0.15, 0.2) is 24.3 Å². The molecule has 1 aromatic carbocycles. The lowest BCUT2D eigenvalue weighted by Crippen LogP contribution is -2.26. The van der Waals surface area contributed by atoms with Crippen LogP contribution in [0.3, 0.4) is 0 Å². The predicted octanol–water partition coefficient (Wildman–Crippen LogP) is 4.20. The molecule has 0 spiro atoms. The van der Waals surface area contributed by atoms with E-state index in [1.54, 1.807) is 0 Å². The SMILES string of the molecule is CCC(C)(C)OCC(=O)c1ccc(C(C)C)cc1. The first-order valence-corrected chi connectivity index (χ1v) is 6.63. The van der Waals surface area contributed by atoms with E-state index in [0.29, 0.717) is 5.92 Å². The van der Waals surface area contributed by atoms with Gasteiger partial charge in [0.1, 0.15) is 6.61 Å². The monoisotopic (exact) mass is 248 g/mol. The number of benzene rings is 1. The van der Waals surface area contributed by atoms with E-state index in [1.165, 1.54) is 5.56 Å². The fourth-order valence-electron chi connectivity index (χ4n) is 1.50. The molecule has 0 aliphatic heterocycles. The van der Waals surface area contributed by atoms with Crippen molar-refractivity contribution in [3.05, 3.63) is 35.4 Å². The van der Waals surface area contributed by atoms with Crippen molar-refractivity contribution in [2.45, 2.75) is 52.6 Å². The molecule has 0 unspecified atom stereocenters. The average Bonchev–Trinajstić information content (AvgIpc) is 2.36. The maximum Gasteiger partial charge on any atom is 0.188 e. The van der Waals surface area contributed by atoms with E-state index in [2.05, 4.69) is 20.8 Å². The lowest BCUT2D eigenvalue weighted by molar-refractivity contribution is -0.0122. The second-order valence-corrected chi connectivity index (χ2v) is 5.60. The molecule has 0 aliphatic rings.